The van der Waals surface area contributed by atoms with Crippen LogP contribution >= 0.6 is 22.6 Å². The number of nitrogens with zero attached hydrogens (tertiary/aromatic N) is 1. The lowest BCUT2D eigenvalue weighted by Crippen LogP contribution is -2.05. The van der Waals surface area contributed by atoms with Gasteiger partial charge in [-0.2, -0.15) is 0 Å². The molecule has 1 heterocycles. The number of esters is 1. The maximum atomic E-state index is 13.5. The van der Waals surface area contributed by atoms with E-state index in [0.717, 1.165) is 14.7 Å². The molecule has 0 saturated carbocycles. The van der Waals surface area contributed by atoms with Crippen molar-refractivity contribution in [3.63, 3.8) is 0 Å². The number of benzene rings is 3. The summed E-state index contributed by atoms with van der Waals surface area (Å²) in [4.78, 5) is 16.5. The molecule has 0 unspecified atom stereocenters. The molecular formula is C25H19FINO4. The van der Waals surface area contributed by atoms with Gasteiger partial charge in [0.05, 0.1) is 10.7 Å². The molecule has 5 nitrogen and oxygen atoms in total. The summed E-state index contributed by atoms with van der Waals surface area (Å²) in [6.45, 7) is 2.45. The number of carbonyl (C=O) groups is 1. The fourth-order valence-electron chi connectivity index (χ4n) is 3.20. The van der Waals surface area contributed by atoms with E-state index in [1.165, 1.54) is 18.2 Å². The summed E-state index contributed by atoms with van der Waals surface area (Å²) < 4.78 is 31.1. The molecule has 0 aliphatic carbocycles. The minimum atomic E-state index is -0.599. The fraction of sp³-hybridized carbons (Fsp3) is 0.120. The number of ether oxygens (including phenoxy) is 3. The van der Waals surface area contributed by atoms with Crippen molar-refractivity contribution < 1.29 is 23.4 Å². The number of halogens is 2. The number of carbonyl (C=O) groups excluding carboxylic acids is 1. The lowest BCUT2D eigenvalue weighted by atomic mass is 10.1. The molecule has 3 aromatic rings. The van der Waals surface area contributed by atoms with Gasteiger partial charge in [-0.25, -0.2) is 14.2 Å². The molecule has 0 aromatic heterocycles. The summed E-state index contributed by atoms with van der Waals surface area (Å²) in [5.41, 5.74) is 3.45. The van der Waals surface area contributed by atoms with Crippen LogP contribution in [0.4, 0.5) is 4.39 Å². The Balaban J connectivity index is 1.60. The minimum Gasteiger partial charge on any atom is -0.493 e. The summed E-state index contributed by atoms with van der Waals surface area (Å²) in [7, 11) is 1.56. The van der Waals surface area contributed by atoms with Crippen molar-refractivity contribution in [2.75, 3.05) is 7.11 Å². The third kappa shape index (κ3) is 4.83. The number of hydrogen-bond acceptors (Lipinski definition) is 5. The molecule has 0 bridgehead atoms. The van der Waals surface area contributed by atoms with E-state index in [1.54, 1.807) is 25.3 Å². The highest BCUT2D eigenvalue weighted by Gasteiger charge is 2.25. The van der Waals surface area contributed by atoms with Gasteiger partial charge in [-0.1, -0.05) is 30.3 Å². The maximum absolute atomic E-state index is 13.5. The SMILES string of the molecule is COc1cc(/C=C2\N=C(c3cccc(F)c3)OC2=O)cc(I)c1OCc1ccccc1C. The van der Waals surface area contributed by atoms with E-state index in [1.807, 2.05) is 37.3 Å². The van der Waals surface area contributed by atoms with E-state index in [2.05, 4.69) is 27.6 Å². The van der Waals surface area contributed by atoms with Gasteiger partial charge in [-0.3, -0.25) is 0 Å². The van der Waals surface area contributed by atoms with E-state index in [4.69, 9.17) is 14.2 Å². The van der Waals surface area contributed by atoms with Crippen LogP contribution in [0.15, 0.2) is 71.4 Å². The zero-order valence-electron chi connectivity index (χ0n) is 17.4. The highest BCUT2D eigenvalue weighted by atomic mass is 127. The molecule has 7 heteroatoms. The molecule has 4 rings (SSSR count). The molecule has 0 atom stereocenters. The first-order valence-electron chi connectivity index (χ1n) is 9.78. The standard InChI is InChI=1S/C25H19FINO4/c1-15-6-3-4-7-18(15)14-31-23-20(27)10-16(12-22(23)30-2)11-21-25(29)32-24(28-21)17-8-5-9-19(26)13-17/h3-13H,14H2,1-2H3/b21-11-. The van der Waals surface area contributed by atoms with Crippen LogP contribution in [0.3, 0.4) is 0 Å². The van der Waals surface area contributed by atoms with Crippen LogP contribution in [0.25, 0.3) is 6.08 Å². The molecule has 0 spiro atoms. The Hall–Kier alpha value is -3.20. The average Bonchev–Trinajstić information content (AvgIpc) is 3.14. The Bertz CT molecular complexity index is 1250. The first-order valence-corrected chi connectivity index (χ1v) is 10.9. The molecule has 0 N–H and O–H groups in total. The molecule has 0 fully saturated rings. The number of methoxy groups -OCH3 is 1. The summed E-state index contributed by atoms with van der Waals surface area (Å²) >= 11 is 2.17. The lowest BCUT2D eigenvalue weighted by molar-refractivity contribution is -0.129. The normalized spacial score (nSPS) is 14.3. The van der Waals surface area contributed by atoms with Gasteiger partial charge >= 0.3 is 5.97 Å². The molecule has 0 radical (unpaired) electrons. The molecule has 3 aromatic carbocycles. The maximum Gasteiger partial charge on any atom is 0.363 e. The molecule has 1 aliphatic heterocycles. The number of hydrogen-bond donors (Lipinski definition) is 0. The van der Waals surface area contributed by atoms with Gasteiger partial charge in [0, 0.05) is 5.56 Å². The van der Waals surface area contributed by atoms with E-state index in [-0.39, 0.29) is 11.6 Å². The van der Waals surface area contributed by atoms with Gasteiger partial charge in [0.15, 0.2) is 17.2 Å². The molecule has 1 aliphatic rings. The Morgan fingerprint density at radius 2 is 1.94 bits per heavy atom. The van der Waals surface area contributed by atoms with Crippen LogP contribution in [-0.4, -0.2) is 19.0 Å². The smallest absolute Gasteiger partial charge is 0.363 e. The predicted octanol–water partition coefficient (Wildman–Crippen LogP) is 5.67. The van der Waals surface area contributed by atoms with Crippen molar-refractivity contribution in [3.8, 4) is 11.5 Å². The van der Waals surface area contributed by atoms with Gasteiger partial charge in [0.1, 0.15) is 12.4 Å². The van der Waals surface area contributed by atoms with Gasteiger partial charge in [0.2, 0.25) is 5.90 Å². The largest absolute Gasteiger partial charge is 0.493 e. The Kier molecular flexibility index (Phi) is 6.55. The molecular weight excluding hydrogens is 524 g/mol. The van der Waals surface area contributed by atoms with Gasteiger partial charge in [-0.05, 0) is 82.6 Å². The van der Waals surface area contributed by atoms with E-state index < -0.39 is 11.8 Å². The first-order chi connectivity index (χ1) is 15.4. The van der Waals surface area contributed by atoms with Crippen LogP contribution in [0.2, 0.25) is 0 Å². The second-order valence-corrected chi connectivity index (χ2v) is 8.26. The molecule has 162 valence electrons. The lowest BCUT2D eigenvalue weighted by Gasteiger charge is -2.14. The van der Waals surface area contributed by atoms with E-state index in [9.17, 15) is 9.18 Å². The zero-order chi connectivity index (χ0) is 22.7. The van der Waals surface area contributed by atoms with Crippen molar-refractivity contribution in [1.82, 2.24) is 0 Å². The summed E-state index contributed by atoms with van der Waals surface area (Å²) in [5, 5.41) is 0. The number of rotatable bonds is 6. The van der Waals surface area contributed by atoms with E-state index in [0.29, 0.717) is 29.2 Å². The van der Waals surface area contributed by atoms with E-state index >= 15 is 0 Å². The number of aryl methyl sites for hydroxylation is 1. The fourth-order valence-corrected chi connectivity index (χ4v) is 3.98. The van der Waals surface area contributed by atoms with Crippen LogP contribution in [0.5, 0.6) is 11.5 Å². The highest BCUT2D eigenvalue weighted by Crippen LogP contribution is 2.35. The minimum absolute atomic E-state index is 0.0700. The van der Waals surface area contributed by atoms with Crippen LogP contribution in [-0.2, 0) is 16.1 Å². The third-order valence-corrected chi connectivity index (χ3v) is 5.68. The van der Waals surface area contributed by atoms with Crippen molar-refractivity contribution in [3.05, 3.63) is 98.0 Å². The van der Waals surface area contributed by atoms with Crippen molar-refractivity contribution in [1.29, 1.82) is 0 Å². The quantitative estimate of drug-likeness (QED) is 0.229. The van der Waals surface area contributed by atoms with Crippen LogP contribution < -0.4 is 9.47 Å². The Labute approximate surface area is 198 Å². The zero-order valence-corrected chi connectivity index (χ0v) is 19.6. The highest BCUT2D eigenvalue weighted by molar-refractivity contribution is 14.1. The monoisotopic (exact) mass is 543 g/mol. The molecule has 0 saturated heterocycles. The number of cyclic esters (lactones) is 1. The second kappa shape index (κ2) is 9.52. The van der Waals surface area contributed by atoms with Crippen molar-refractivity contribution in [2.45, 2.75) is 13.5 Å². The van der Waals surface area contributed by atoms with Gasteiger partial charge in [-0.15, -0.1) is 0 Å². The topological polar surface area (TPSA) is 57.1 Å². The summed E-state index contributed by atoms with van der Waals surface area (Å²) in [6.07, 6.45) is 1.60. The Morgan fingerprint density at radius 3 is 2.69 bits per heavy atom. The van der Waals surface area contributed by atoms with Gasteiger partial charge in [0.25, 0.3) is 0 Å². The molecule has 0 amide bonds. The van der Waals surface area contributed by atoms with Crippen LogP contribution in [0.1, 0.15) is 22.3 Å². The summed E-state index contributed by atoms with van der Waals surface area (Å²) in [6, 6.07) is 17.4. The predicted molar refractivity (Wildman–Crippen MR) is 128 cm³/mol. The van der Waals surface area contributed by atoms with Gasteiger partial charge < -0.3 is 14.2 Å². The number of aliphatic imine (C=N–C) groups is 1. The van der Waals surface area contributed by atoms with Crippen LogP contribution in [0, 0.1) is 16.3 Å². The van der Waals surface area contributed by atoms with Crippen molar-refractivity contribution >= 4 is 40.5 Å². The summed E-state index contributed by atoms with van der Waals surface area (Å²) in [5.74, 6) is 0.201. The molecule has 32 heavy (non-hydrogen) atoms. The van der Waals surface area contributed by atoms with Crippen molar-refractivity contribution in [2.24, 2.45) is 4.99 Å². The second-order valence-electron chi connectivity index (χ2n) is 7.10. The third-order valence-electron chi connectivity index (χ3n) is 4.88. The Morgan fingerprint density at radius 1 is 1.12 bits per heavy atom. The average molecular weight is 543 g/mol. The first kappa shape index (κ1) is 22.0.